The van der Waals surface area contributed by atoms with Gasteiger partial charge in [-0.2, -0.15) is 5.10 Å². The first-order valence-corrected chi connectivity index (χ1v) is 6.10. The Balaban J connectivity index is 2.52. The molecule has 1 aromatic heterocycles. The average Bonchev–Trinajstić information content (AvgIpc) is 2.73. The molecule has 1 rings (SSSR count). The van der Waals surface area contributed by atoms with Crippen LogP contribution in [0.3, 0.4) is 0 Å². The monoisotopic (exact) mass is 225 g/mol. The minimum Gasteiger partial charge on any atom is -0.329 e. The molecule has 5 heteroatoms. The molecule has 0 aliphatic carbocycles. The van der Waals surface area contributed by atoms with E-state index in [1.807, 2.05) is 4.68 Å². The molecule has 0 spiro atoms. The number of unbranched alkanes of at least 4 members (excludes halogenated alkanes) is 1. The molecule has 0 unspecified atom stereocenters. The van der Waals surface area contributed by atoms with E-state index in [0.29, 0.717) is 6.54 Å². The van der Waals surface area contributed by atoms with Crippen LogP contribution < -0.4 is 5.73 Å². The Kier molecular flexibility index (Phi) is 6.03. The summed E-state index contributed by atoms with van der Waals surface area (Å²) in [4.78, 5) is 6.63. The van der Waals surface area contributed by atoms with Crippen molar-refractivity contribution >= 4 is 0 Å². The first-order chi connectivity index (χ1) is 7.81. The number of hydrogen-bond donors (Lipinski definition) is 1. The summed E-state index contributed by atoms with van der Waals surface area (Å²) in [6, 6.07) is 0. The van der Waals surface area contributed by atoms with E-state index in [2.05, 4.69) is 28.8 Å². The number of hydrogen-bond acceptors (Lipinski definition) is 4. The second kappa shape index (κ2) is 7.35. The van der Waals surface area contributed by atoms with Gasteiger partial charge in [0.15, 0.2) is 0 Å². The van der Waals surface area contributed by atoms with Gasteiger partial charge in [-0.15, -0.1) is 0 Å². The third-order valence-corrected chi connectivity index (χ3v) is 2.63. The van der Waals surface area contributed by atoms with Crippen LogP contribution in [-0.2, 0) is 13.1 Å². The Morgan fingerprint density at radius 3 is 2.81 bits per heavy atom. The van der Waals surface area contributed by atoms with Crippen molar-refractivity contribution in [2.45, 2.75) is 39.8 Å². The summed E-state index contributed by atoms with van der Waals surface area (Å²) in [6.07, 6.45) is 4.04. The second-order valence-electron chi connectivity index (χ2n) is 3.91. The summed E-state index contributed by atoms with van der Waals surface area (Å²) >= 11 is 0. The molecule has 0 amide bonds. The van der Waals surface area contributed by atoms with Gasteiger partial charge in [-0.05, 0) is 19.9 Å². The predicted octanol–water partition coefficient (Wildman–Crippen LogP) is 0.859. The lowest BCUT2D eigenvalue weighted by molar-refractivity contribution is 0.257. The van der Waals surface area contributed by atoms with Gasteiger partial charge in [-0.1, -0.05) is 13.3 Å². The maximum Gasteiger partial charge on any atom is 0.140 e. The van der Waals surface area contributed by atoms with E-state index in [0.717, 1.165) is 32.0 Å². The maximum absolute atomic E-state index is 5.62. The van der Waals surface area contributed by atoms with Gasteiger partial charge in [-0.3, -0.25) is 4.90 Å². The van der Waals surface area contributed by atoms with E-state index >= 15 is 0 Å². The van der Waals surface area contributed by atoms with Crippen LogP contribution in [0.4, 0.5) is 0 Å². The van der Waals surface area contributed by atoms with E-state index in [9.17, 15) is 0 Å². The summed E-state index contributed by atoms with van der Waals surface area (Å²) in [6.45, 7) is 8.72. The third kappa shape index (κ3) is 3.90. The van der Waals surface area contributed by atoms with E-state index in [-0.39, 0.29) is 0 Å². The van der Waals surface area contributed by atoms with Gasteiger partial charge >= 0.3 is 0 Å². The molecule has 92 valence electrons. The summed E-state index contributed by atoms with van der Waals surface area (Å²) in [5.41, 5.74) is 5.62. The van der Waals surface area contributed by atoms with Gasteiger partial charge in [0.05, 0.1) is 6.54 Å². The Hall–Kier alpha value is -0.940. The molecule has 0 atom stereocenters. The fraction of sp³-hybridized carbons (Fsp3) is 0.818. The van der Waals surface area contributed by atoms with Crippen molar-refractivity contribution in [2.75, 3.05) is 19.6 Å². The summed E-state index contributed by atoms with van der Waals surface area (Å²) in [7, 11) is 0. The molecule has 0 bridgehead atoms. The molecule has 0 saturated carbocycles. The van der Waals surface area contributed by atoms with Crippen molar-refractivity contribution in [1.29, 1.82) is 0 Å². The topological polar surface area (TPSA) is 60.0 Å². The number of nitrogens with two attached hydrogens (primary N) is 1. The molecule has 1 heterocycles. The highest BCUT2D eigenvalue weighted by atomic mass is 15.3. The van der Waals surface area contributed by atoms with Crippen LogP contribution in [0, 0.1) is 0 Å². The molecule has 0 saturated heterocycles. The van der Waals surface area contributed by atoms with Gasteiger partial charge in [0.25, 0.3) is 0 Å². The van der Waals surface area contributed by atoms with Crippen LogP contribution in [0.5, 0.6) is 0 Å². The maximum atomic E-state index is 5.62. The minimum atomic E-state index is 0.698. The molecule has 0 radical (unpaired) electrons. The zero-order valence-electron chi connectivity index (χ0n) is 10.4. The highest BCUT2D eigenvalue weighted by Crippen LogP contribution is 2.02. The van der Waals surface area contributed by atoms with E-state index in [1.165, 1.54) is 12.8 Å². The molecular formula is C11H23N5. The van der Waals surface area contributed by atoms with Crippen molar-refractivity contribution in [2.24, 2.45) is 5.73 Å². The van der Waals surface area contributed by atoms with Crippen LogP contribution in [0.25, 0.3) is 0 Å². The number of rotatable bonds is 8. The normalized spacial score (nSPS) is 11.2. The zero-order valence-corrected chi connectivity index (χ0v) is 10.4. The van der Waals surface area contributed by atoms with Crippen LogP contribution in [0.15, 0.2) is 6.33 Å². The fourth-order valence-corrected chi connectivity index (χ4v) is 1.71. The quantitative estimate of drug-likeness (QED) is 0.713. The number of aryl methyl sites for hydroxylation is 1. The van der Waals surface area contributed by atoms with E-state index in [1.54, 1.807) is 6.33 Å². The predicted molar refractivity (Wildman–Crippen MR) is 64.9 cm³/mol. The van der Waals surface area contributed by atoms with E-state index in [4.69, 9.17) is 5.73 Å². The van der Waals surface area contributed by atoms with Gasteiger partial charge in [0.1, 0.15) is 12.2 Å². The molecule has 0 aliphatic rings. The van der Waals surface area contributed by atoms with E-state index < -0.39 is 0 Å². The Morgan fingerprint density at radius 2 is 2.19 bits per heavy atom. The van der Waals surface area contributed by atoms with Crippen molar-refractivity contribution in [3.05, 3.63) is 12.2 Å². The van der Waals surface area contributed by atoms with Gasteiger partial charge in [0, 0.05) is 19.6 Å². The average molecular weight is 225 g/mol. The highest BCUT2D eigenvalue weighted by molar-refractivity contribution is 4.84. The zero-order chi connectivity index (χ0) is 11.8. The molecule has 16 heavy (non-hydrogen) atoms. The summed E-state index contributed by atoms with van der Waals surface area (Å²) < 4.78 is 1.94. The lowest BCUT2D eigenvalue weighted by Gasteiger charge is -2.20. The van der Waals surface area contributed by atoms with Gasteiger partial charge in [0.2, 0.25) is 0 Å². The van der Waals surface area contributed by atoms with Crippen molar-refractivity contribution in [1.82, 2.24) is 19.7 Å². The molecule has 2 N–H and O–H groups in total. The lowest BCUT2D eigenvalue weighted by atomic mass is 10.3. The lowest BCUT2D eigenvalue weighted by Crippen LogP contribution is -2.31. The van der Waals surface area contributed by atoms with Crippen LogP contribution >= 0.6 is 0 Å². The Morgan fingerprint density at radius 1 is 1.38 bits per heavy atom. The molecular weight excluding hydrogens is 202 g/mol. The van der Waals surface area contributed by atoms with Crippen LogP contribution in [-0.4, -0.2) is 39.3 Å². The Bertz CT molecular complexity index is 284. The summed E-state index contributed by atoms with van der Waals surface area (Å²) in [5.74, 6) is 1.03. The second-order valence-corrected chi connectivity index (χ2v) is 3.91. The standard InChI is InChI=1S/C11H23N5/c1-3-5-7-15(8-6-12)9-11-13-10-14-16(11)4-2/h10H,3-9,12H2,1-2H3. The van der Waals surface area contributed by atoms with Gasteiger partial charge < -0.3 is 5.73 Å². The molecule has 1 aromatic rings. The third-order valence-electron chi connectivity index (χ3n) is 2.63. The SMILES string of the molecule is CCCCN(CCN)Cc1ncnn1CC. The number of nitrogens with zero attached hydrogens (tertiary/aromatic N) is 4. The largest absolute Gasteiger partial charge is 0.329 e. The van der Waals surface area contributed by atoms with Crippen molar-refractivity contribution < 1.29 is 0 Å². The molecule has 5 nitrogen and oxygen atoms in total. The number of aromatic nitrogens is 3. The van der Waals surface area contributed by atoms with Crippen molar-refractivity contribution in [3.63, 3.8) is 0 Å². The summed E-state index contributed by atoms with van der Waals surface area (Å²) in [5, 5.41) is 4.18. The first-order valence-electron chi connectivity index (χ1n) is 6.10. The molecule has 0 aliphatic heterocycles. The van der Waals surface area contributed by atoms with Gasteiger partial charge in [-0.25, -0.2) is 9.67 Å². The van der Waals surface area contributed by atoms with Crippen LogP contribution in [0.2, 0.25) is 0 Å². The Labute approximate surface area is 97.6 Å². The molecule has 0 fully saturated rings. The highest BCUT2D eigenvalue weighted by Gasteiger charge is 2.09. The first kappa shape index (κ1) is 13.1. The van der Waals surface area contributed by atoms with Crippen molar-refractivity contribution in [3.8, 4) is 0 Å². The fourth-order valence-electron chi connectivity index (χ4n) is 1.71. The molecule has 0 aromatic carbocycles. The van der Waals surface area contributed by atoms with Crippen LogP contribution in [0.1, 0.15) is 32.5 Å². The minimum absolute atomic E-state index is 0.698. The smallest absolute Gasteiger partial charge is 0.140 e.